The first-order valence-electron chi connectivity index (χ1n) is 6.30. The number of aliphatic hydroxyl groups excluding tert-OH is 1. The third-order valence-corrected chi connectivity index (χ3v) is 3.74. The SMILES string of the molecule is CCOC(=O)CCN1C2CCC1CC(O)C2. The summed E-state index contributed by atoms with van der Waals surface area (Å²) in [6.07, 6.45) is 4.45. The number of hydrogen-bond acceptors (Lipinski definition) is 4. The average Bonchev–Trinajstić information content (AvgIpc) is 2.47. The number of fused-ring (bicyclic) bond motifs is 2. The van der Waals surface area contributed by atoms with Crippen LogP contribution in [0, 0.1) is 0 Å². The van der Waals surface area contributed by atoms with Gasteiger partial charge in [-0.05, 0) is 32.6 Å². The van der Waals surface area contributed by atoms with E-state index in [9.17, 15) is 9.90 Å². The molecule has 0 saturated carbocycles. The summed E-state index contributed by atoms with van der Waals surface area (Å²) in [4.78, 5) is 13.7. The maximum Gasteiger partial charge on any atom is 0.307 e. The highest BCUT2D eigenvalue weighted by molar-refractivity contribution is 5.69. The minimum absolute atomic E-state index is 0.104. The van der Waals surface area contributed by atoms with E-state index >= 15 is 0 Å². The number of esters is 1. The second-order valence-electron chi connectivity index (χ2n) is 4.80. The standard InChI is InChI=1S/C12H21NO3/c1-2-16-12(15)5-6-13-9-3-4-10(13)8-11(14)7-9/h9-11,14H,2-8H2,1H3. The molecule has 0 aromatic heterocycles. The van der Waals surface area contributed by atoms with Crippen molar-refractivity contribution in [3.05, 3.63) is 0 Å². The number of aliphatic hydroxyl groups is 1. The molecule has 92 valence electrons. The zero-order valence-electron chi connectivity index (χ0n) is 9.89. The van der Waals surface area contributed by atoms with Gasteiger partial charge in [0.1, 0.15) is 0 Å². The van der Waals surface area contributed by atoms with Gasteiger partial charge in [-0.2, -0.15) is 0 Å². The Kier molecular flexibility index (Phi) is 3.82. The van der Waals surface area contributed by atoms with E-state index in [0.29, 0.717) is 25.1 Å². The molecule has 2 unspecified atom stereocenters. The molecular weight excluding hydrogens is 206 g/mol. The molecule has 16 heavy (non-hydrogen) atoms. The van der Waals surface area contributed by atoms with Crippen LogP contribution in [0.1, 0.15) is 39.0 Å². The quantitative estimate of drug-likeness (QED) is 0.726. The van der Waals surface area contributed by atoms with Gasteiger partial charge in [-0.3, -0.25) is 9.69 Å². The highest BCUT2D eigenvalue weighted by Gasteiger charge is 2.39. The minimum Gasteiger partial charge on any atom is -0.466 e. The summed E-state index contributed by atoms with van der Waals surface area (Å²) in [7, 11) is 0. The predicted molar refractivity (Wildman–Crippen MR) is 60.0 cm³/mol. The van der Waals surface area contributed by atoms with Crippen LogP contribution in [0.4, 0.5) is 0 Å². The monoisotopic (exact) mass is 227 g/mol. The molecule has 2 fully saturated rings. The number of carbonyl (C=O) groups is 1. The van der Waals surface area contributed by atoms with Gasteiger partial charge in [-0.15, -0.1) is 0 Å². The zero-order valence-corrected chi connectivity index (χ0v) is 9.89. The summed E-state index contributed by atoms with van der Waals surface area (Å²) < 4.78 is 4.93. The van der Waals surface area contributed by atoms with E-state index in [4.69, 9.17) is 4.74 Å². The number of carbonyl (C=O) groups excluding carboxylic acids is 1. The van der Waals surface area contributed by atoms with E-state index in [1.54, 1.807) is 0 Å². The molecule has 2 rings (SSSR count). The first kappa shape index (κ1) is 11.9. The molecule has 2 bridgehead atoms. The second kappa shape index (κ2) is 5.15. The largest absolute Gasteiger partial charge is 0.466 e. The smallest absolute Gasteiger partial charge is 0.307 e. The molecule has 1 N–H and O–H groups in total. The summed E-state index contributed by atoms with van der Waals surface area (Å²) in [5, 5.41) is 9.65. The lowest BCUT2D eigenvalue weighted by atomic mass is 10.00. The van der Waals surface area contributed by atoms with Crippen molar-refractivity contribution in [2.45, 2.75) is 57.2 Å². The molecule has 0 aliphatic carbocycles. The van der Waals surface area contributed by atoms with Gasteiger partial charge < -0.3 is 9.84 Å². The third-order valence-electron chi connectivity index (χ3n) is 3.74. The van der Waals surface area contributed by atoms with Crippen LogP contribution in [0.2, 0.25) is 0 Å². The van der Waals surface area contributed by atoms with Gasteiger partial charge >= 0.3 is 5.97 Å². The first-order chi connectivity index (χ1) is 7.70. The fourth-order valence-corrected chi connectivity index (χ4v) is 3.06. The molecule has 2 aliphatic heterocycles. The van der Waals surface area contributed by atoms with Crippen molar-refractivity contribution >= 4 is 5.97 Å². The highest BCUT2D eigenvalue weighted by Crippen LogP contribution is 2.35. The van der Waals surface area contributed by atoms with E-state index in [-0.39, 0.29) is 12.1 Å². The van der Waals surface area contributed by atoms with Crippen LogP contribution >= 0.6 is 0 Å². The summed E-state index contributed by atoms with van der Waals surface area (Å²) in [6, 6.07) is 0.978. The lowest BCUT2D eigenvalue weighted by molar-refractivity contribution is -0.143. The first-order valence-corrected chi connectivity index (χ1v) is 6.30. The van der Waals surface area contributed by atoms with E-state index < -0.39 is 0 Å². The van der Waals surface area contributed by atoms with Gasteiger partial charge in [0.05, 0.1) is 19.1 Å². The van der Waals surface area contributed by atoms with Crippen molar-refractivity contribution in [2.75, 3.05) is 13.2 Å². The lowest BCUT2D eigenvalue weighted by Crippen LogP contribution is -2.45. The topological polar surface area (TPSA) is 49.8 Å². The van der Waals surface area contributed by atoms with Crippen LogP contribution in [0.3, 0.4) is 0 Å². The van der Waals surface area contributed by atoms with Crippen LogP contribution in [0.15, 0.2) is 0 Å². The van der Waals surface area contributed by atoms with Crippen molar-refractivity contribution in [3.63, 3.8) is 0 Å². The zero-order chi connectivity index (χ0) is 11.5. The third kappa shape index (κ3) is 2.55. The van der Waals surface area contributed by atoms with Crippen molar-refractivity contribution in [2.24, 2.45) is 0 Å². The van der Waals surface area contributed by atoms with Gasteiger partial charge in [-0.25, -0.2) is 0 Å². The molecule has 2 saturated heterocycles. The molecule has 0 spiro atoms. The molecule has 2 atom stereocenters. The normalized spacial score (nSPS) is 34.0. The molecule has 2 heterocycles. The lowest BCUT2D eigenvalue weighted by Gasteiger charge is -2.36. The fourth-order valence-electron chi connectivity index (χ4n) is 3.06. The Hall–Kier alpha value is -0.610. The molecule has 0 radical (unpaired) electrons. The predicted octanol–water partition coefficient (Wildman–Crippen LogP) is 0.927. The van der Waals surface area contributed by atoms with Crippen LogP contribution in [-0.4, -0.2) is 47.3 Å². The maximum absolute atomic E-state index is 11.3. The van der Waals surface area contributed by atoms with Gasteiger partial charge in [0.25, 0.3) is 0 Å². The Morgan fingerprint density at radius 1 is 1.38 bits per heavy atom. The van der Waals surface area contributed by atoms with Crippen LogP contribution in [-0.2, 0) is 9.53 Å². The Morgan fingerprint density at radius 3 is 2.56 bits per heavy atom. The number of rotatable bonds is 4. The Balaban J connectivity index is 1.80. The fraction of sp³-hybridized carbons (Fsp3) is 0.917. The van der Waals surface area contributed by atoms with E-state index in [0.717, 1.165) is 19.4 Å². The maximum atomic E-state index is 11.3. The molecule has 0 aromatic carbocycles. The molecule has 4 heteroatoms. The van der Waals surface area contributed by atoms with Crippen molar-refractivity contribution in [1.29, 1.82) is 0 Å². The van der Waals surface area contributed by atoms with Crippen LogP contribution < -0.4 is 0 Å². The van der Waals surface area contributed by atoms with Gasteiger partial charge in [0, 0.05) is 18.6 Å². The molecular formula is C12H21NO3. The minimum atomic E-state index is -0.128. The highest BCUT2D eigenvalue weighted by atomic mass is 16.5. The van der Waals surface area contributed by atoms with Gasteiger partial charge in [-0.1, -0.05) is 0 Å². The van der Waals surface area contributed by atoms with E-state index in [1.165, 1.54) is 12.8 Å². The number of ether oxygens (including phenoxy) is 1. The Bertz CT molecular complexity index is 243. The number of hydrogen-bond donors (Lipinski definition) is 1. The summed E-state index contributed by atoms with van der Waals surface area (Å²) in [5.41, 5.74) is 0. The van der Waals surface area contributed by atoms with Crippen molar-refractivity contribution in [1.82, 2.24) is 4.90 Å². The van der Waals surface area contributed by atoms with Gasteiger partial charge in [0.15, 0.2) is 0 Å². The van der Waals surface area contributed by atoms with Crippen molar-refractivity contribution in [3.8, 4) is 0 Å². The summed E-state index contributed by atoms with van der Waals surface area (Å²) in [5.74, 6) is -0.104. The average molecular weight is 227 g/mol. The molecule has 4 nitrogen and oxygen atoms in total. The Labute approximate surface area is 96.6 Å². The molecule has 0 aromatic rings. The van der Waals surface area contributed by atoms with E-state index in [2.05, 4.69) is 4.90 Å². The van der Waals surface area contributed by atoms with Crippen LogP contribution in [0.25, 0.3) is 0 Å². The molecule has 2 aliphatic rings. The van der Waals surface area contributed by atoms with E-state index in [1.807, 2.05) is 6.92 Å². The molecule has 0 amide bonds. The van der Waals surface area contributed by atoms with Crippen LogP contribution in [0.5, 0.6) is 0 Å². The Morgan fingerprint density at radius 2 is 2.00 bits per heavy atom. The summed E-state index contributed by atoms with van der Waals surface area (Å²) in [6.45, 7) is 3.09. The van der Waals surface area contributed by atoms with Gasteiger partial charge in [0.2, 0.25) is 0 Å². The number of nitrogens with zero attached hydrogens (tertiary/aromatic N) is 1. The number of piperidine rings is 1. The summed E-state index contributed by atoms with van der Waals surface area (Å²) >= 11 is 0. The second-order valence-corrected chi connectivity index (χ2v) is 4.80. The van der Waals surface area contributed by atoms with Crippen molar-refractivity contribution < 1.29 is 14.6 Å².